The van der Waals surface area contributed by atoms with E-state index in [0.717, 1.165) is 29.3 Å². The van der Waals surface area contributed by atoms with Crippen molar-refractivity contribution in [3.05, 3.63) is 39.8 Å². The van der Waals surface area contributed by atoms with Gasteiger partial charge in [0.2, 0.25) is 0 Å². The first-order valence-corrected chi connectivity index (χ1v) is 11.8. The number of aromatic amines is 1. The van der Waals surface area contributed by atoms with Gasteiger partial charge in [0.1, 0.15) is 0 Å². The number of alkyl halides is 2. The molecule has 0 aliphatic carbocycles. The molecule has 3 aliphatic heterocycles. The van der Waals surface area contributed by atoms with Gasteiger partial charge in [-0.1, -0.05) is 0 Å². The van der Waals surface area contributed by atoms with Crippen LogP contribution in [0.1, 0.15) is 41.2 Å². The smallest absolute Gasteiger partial charge is 0.261 e. The number of hydrogen-bond acceptors (Lipinski definition) is 5. The van der Waals surface area contributed by atoms with Gasteiger partial charge in [-0.3, -0.25) is 19.2 Å². The first-order chi connectivity index (χ1) is 16.3. The number of pyridine rings is 1. The Morgan fingerprint density at radius 3 is 2.60 bits per heavy atom. The molecule has 0 atom stereocenters. The van der Waals surface area contributed by atoms with Crippen molar-refractivity contribution < 1.29 is 18.3 Å². The van der Waals surface area contributed by atoms with Gasteiger partial charge in [-0.2, -0.15) is 5.10 Å². The minimum Gasteiger partial charge on any atom is -0.381 e. The van der Waals surface area contributed by atoms with Crippen LogP contribution in [-0.2, 0) is 4.74 Å². The average Bonchev–Trinajstić information content (AvgIpc) is 3.37. The number of benzene rings is 1. The maximum absolute atomic E-state index is 13.6. The Bertz CT molecular complexity index is 1340. The lowest BCUT2D eigenvalue weighted by molar-refractivity contribution is -0.00874. The number of halogens is 3. The van der Waals surface area contributed by atoms with Crippen LogP contribution in [0.3, 0.4) is 0 Å². The van der Waals surface area contributed by atoms with Gasteiger partial charge in [-0.05, 0) is 37.5 Å². The third-order valence-electron chi connectivity index (χ3n) is 7.54. The number of H-pyrrole nitrogens is 1. The van der Waals surface area contributed by atoms with Crippen molar-refractivity contribution in [2.24, 2.45) is 0 Å². The highest BCUT2D eigenvalue weighted by atomic mass is 35.5. The van der Waals surface area contributed by atoms with Crippen LogP contribution >= 0.6 is 12.4 Å². The molecule has 2 aromatic heterocycles. The number of fused-ring (bicyclic) bond motifs is 3. The number of aromatic nitrogens is 3. The molecular weight excluding hydrogens is 480 g/mol. The minimum atomic E-state index is -2.63. The Morgan fingerprint density at radius 2 is 1.91 bits per heavy atom. The van der Waals surface area contributed by atoms with Crippen molar-refractivity contribution in [2.75, 3.05) is 39.4 Å². The van der Waals surface area contributed by atoms with Crippen LogP contribution in [0.15, 0.2) is 23.1 Å². The molecule has 6 rings (SSSR count). The van der Waals surface area contributed by atoms with Crippen LogP contribution in [0, 0.1) is 6.92 Å². The summed E-state index contributed by atoms with van der Waals surface area (Å²) in [4.78, 5) is 32.5. The van der Waals surface area contributed by atoms with Crippen molar-refractivity contribution in [3.63, 3.8) is 0 Å². The number of aryl methyl sites for hydroxylation is 1. The Balaban J connectivity index is 0.00000253. The second kappa shape index (κ2) is 8.83. The molecule has 35 heavy (non-hydrogen) atoms. The predicted molar refractivity (Wildman–Crippen MR) is 130 cm³/mol. The van der Waals surface area contributed by atoms with Gasteiger partial charge >= 0.3 is 0 Å². The lowest BCUT2D eigenvalue weighted by Gasteiger charge is -2.44. The van der Waals surface area contributed by atoms with E-state index in [1.165, 1.54) is 0 Å². The highest BCUT2D eigenvalue weighted by Crippen LogP contribution is 2.33. The van der Waals surface area contributed by atoms with E-state index in [9.17, 15) is 18.4 Å². The molecule has 5 heterocycles. The first kappa shape index (κ1) is 24.1. The fourth-order valence-corrected chi connectivity index (χ4v) is 5.53. The minimum absolute atomic E-state index is 0. The molecule has 3 saturated heterocycles. The van der Waals surface area contributed by atoms with Crippen LogP contribution in [0.4, 0.5) is 8.78 Å². The number of nitrogens with zero attached hydrogens (tertiary/aromatic N) is 4. The molecular formula is C24H28ClF2N5O3. The van der Waals surface area contributed by atoms with Crippen LogP contribution in [0.2, 0.25) is 0 Å². The molecule has 3 aliphatic rings. The van der Waals surface area contributed by atoms with Gasteiger partial charge in [0.15, 0.2) is 0 Å². The molecule has 3 fully saturated rings. The number of ether oxygens (including phenoxy) is 1. The third-order valence-corrected chi connectivity index (χ3v) is 7.54. The molecule has 11 heteroatoms. The molecule has 188 valence electrons. The lowest BCUT2D eigenvalue weighted by Crippen LogP contribution is -2.60. The second-order valence-corrected chi connectivity index (χ2v) is 9.80. The maximum Gasteiger partial charge on any atom is 0.261 e. The molecule has 0 saturated carbocycles. The van der Waals surface area contributed by atoms with Crippen molar-refractivity contribution in [3.8, 4) is 0 Å². The van der Waals surface area contributed by atoms with E-state index < -0.39 is 5.92 Å². The number of amides is 1. The molecule has 0 radical (unpaired) electrons. The van der Waals surface area contributed by atoms with E-state index in [-0.39, 0.29) is 48.9 Å². The summed E-state index contributed by atoms with van der Waals surface area (Å²) in [6, 6.07) is 3.80. The molecule has 8 nitrogen and oxygen atoms in total. The van der Waals surface area contributed by atoms with E-state index >= 15 is 0 Å². The van der Waals surface area contributed by atoms with Gasteiger partial charge in [0.05, 0.1) is 35.2 Å². The van der Waals surface area contributed by atoms with E-state index in [1.54, 1.807) is 16.0 Å². The van der Waals surface area contributed by atoms with E-state index in [2.05, 4.69) is 10.1 Å². The van der Waals surface area contributed by atoms with Gasteiger partial charge in [-0.15, -0.1) is 12.4 Å². The monoisotopic (exact) mass is 507 g/mol. The summed E-state index contributed by atoms with van der Waals surface area (Å²) in [6.45, 7) is 4.20. The summed E-state index contributed by atoms with van der Waals surface area (Å²) in [5.41, 5.74) is 2.53. The highest BCUT2D eigenvalue weighted by molar-refractivity contribution is 6.07. The lowest BCUT2D eigenvalue weighted by atomic mass is 9.99. The van der Waals surface area contributed by atoms with Crippen molar-refractivity contribution in [1.82, 2.24) is 24.6 Å². The summed E-state index contributed by atoms with van der Waals surface area (Å²) in [6.07, 6.45) is 3.10. The number of nitrogens with one attached hydrogen (secondary N) is 1. The standard InChI is InChI=1S/C24H27F2N5O3.ClH/c1-14-8-20-18(21-19(22(32)28-20)10-27-31(21)15-2-6-34-7-3-15)9-17(14)23(33)30-11-16(12-30)29-5-4-24(25,26)13-29;/h8-10,15-16H,2-7,11-13H2,1H3,(H,28,32);1H. The quantitative estimate of drug-likeness (QED) is 0.589. The number of carbonyl (C=O) groups excluding carboxylic acids is 1. The zero-order valence-corrected chi connectivity index (χ0v) is 20.2. The van der Waals surface area contributed by atoms with E-state index in [4.69, 9.17) is 4.74 Å². The second-order valence-electron chi connectivity index (χ2n) is 9.80. The fraction of sp³-hybridized carbons (Fsp3) is 0.542. The molecule has 0 unspecified atom stereocenters. The van der Waals surface area contributed by atoms with Gasteiger partial charge in [0, 0.05) is 56.3 Å². The molecule has 0 bridgehead atoms. The first-order valence-electron chi connectivity index (χ1n) is 11.8. The van der Waals surface area contributed by atoms with Crippen molar-refractivity contribution in [2.45, 2.75) is 44.2 Å². The van der Waals surface area contributed by atoms with Crippen LogP contribution in [-0.4, -0.2) is 81.8 Å². The van der Waals surface area contributed by atoms with Crippen molar-refractivity contribution in [1.29, 1.82) is 0 Å². The predicted octanol–water partition coefficient (Wildman–Crippen LogP) is 3.12. The van der Waals surface area contributed by atoms with Gasteiger partial charge < -0.3 is 14.6 Å². The Hall–Kier alpha value is -2.56. The molecule has 0 spiro atoms. The summed E-state index contributed by atoms with van der Waals surface area (Å²) >= 11 is 0. The largest absolute Gasteiger partial charge is 0.381 e. The zero-order valence-electron chi connectivity index (χ0n) is 19.4. The Kier molecular flexibility index (Phi) is 6.09. The fourth-order valence-electron chi connectivity index (χ4n) is 5.53. The van der Waals surface area contributed by atoms with Crippen molar-refractivity contribution >= 4 is 40.1 Å². The number of carbonyl (C=O) groups is 1. The molecule has 1 aromatic carbocycles. The SMILES string of the molecule is Cc1cc2[nH]c(=O)c3cnn(C4CCOCC4)c3c2cc1C(=O)N1CC(N2CCC(F)(F)C2)C1.Cl. The summed E-state index contributed by atoms with van der Waals surface area (Å²) in [7, 11) is 0. The molecule has 3 aromatic rings. The third kappa shape index (κ3) is 4.11. The maximum atomic E-state index is 13.6. The van der Waals surface area contributed by atoms with Gasteiger partial charge in [0.25, 0.3) is 17.4 Å². The van der Waals surface area contributed by atoms with E-state index in [0.29, 0.717) is 49.3 Å². The average molecular weight is 508 g/mol. The Labute approximate surface area is 206 Å². The zero-order chi connectivity index (χ0) is 23.6. The van der Waals surface area contributed by atoms with Gasteiger partial charge in [-0.25, -0.2) is 8.78 Å². The number of rotatable bonds is 3. The number of likely N-dealkylation sites (tertiary alicyclic amines) is 2. The summed E-state index contributed by atoms with van der Waals surface area (Å²) in [5.74, 6) is -2.74. The summed E-state index contributed by atoms with van der Waals surface area (Å²) in [5, 5.41) is 5.82. The van der Waals surface area contributed by atoms with E-state index in [1.807, 2.05) is 23.7 Å². The topological polar surface area (TPSA) is 83.5 Å². The highest BCUT2D eigenvalue weighted by Gasteiger charge is 2.45. The normalized spacial score (nSPS) is 21.4. The molecule has 1 amide bonds. The Morgan fingerprint density at radius 1 is 1.17 bits per heavy atom. The van der Waals surface area contributed by atoms with Crippen LogP contribution < -0.4 is 5.56 Å². The van der Waals surface area contributed by atoms with Crippen LogP contribution in [0.25, 0.3) is 21.8 Å². The number of hydrogen-bond donors (Lipinski definition) is 1. The summed E-state index contributed by atoms with van der Waals surface area (Å²) < 4.78 is 34.5. The molecule has 1 N–H and O–H groups in total. The van der Waals surface area contributed by atoms with Crippen LogP contribution in [0.5, 0.6) is 0 Å².